The summed E-state index contributed by atoms with van der Waals surface area (Å²) < 4.78 is 9.81. The van der Waals surface area contributed by atoms with Gasteiger partial charge in [-0.3, -0.25) is 9.59 Å². The molecule has 0 fully saturated rings. The van der Waals surface area contributed by atoms with Crippen LogP contribution in [0.5, 0.6) is 0 Å². The van der Waals surface area contributed by atoms with Crippen LogP contribution in [0.2, 0.25) is 0 Å². The molecule has 134 valence electrons. The second kappa shape index (κ2) is 9.32. The molecule has 5 heteroatoms. The fourth-order valence-electron chi connectivity index (χ4n) is 2.33. The number of carbonyl (C=O) groups excluding carboxylic acids is 3. The maximum Gasteiger partial charge on any atom is 0.333 e. The molecule has 0 unspecified atom stereocenters. The highest BCUT2D eigenvalue weighted by molar-refractivity contribution is 5.92. The summed E-state index contributed by atoms with van der Waals surface area (Å²) in [5.41, 5.74) is 1.69. The lowest BCUT2D eigenvalue weighted by molar-refractivity contribution is -0.161. The maximum absolute atomic E-state index is 12.6. The Bertz CT molecular complexity index is 741. The molecule has 0 atom stereocenters. The average Bonchev–Trinajstić information content (AvgIpc) is 2.63. The van der Waals surface area contributed by atoms with Crippen LogP contribution in [0.25, 0.3) is 0 Å². The van der Waals surface area contributed by atoms with Gasteiger partial charge in [0.05, 0.1) is 6.42 Å². The molecule has 0 aliphatic rings. The van der Waals surface area contributed by atoms with Crippen LogP contribution in [0.1, 0.15) is 30.4 Å². The molecule has 0 bridgehead atoms. The van der Waals surface area contributed by atoms with E-state index >= 15 is 0 Å². The normalized spacial score (nSPS) is 10.2. The van der Waals surface area contributed by atoms with Crippen LogP contribution in [-0.2, 0) is 23.9 Å². The monoisotopic (exact) mass is 352 g/mol. The Morgan fingerprint density at radius 1 is 0.923 bits per heavy atom. The van der Waals surface area contributed by atoms with E-state index in [0.717, 1.165) is 11.1 Å². The van der Waals surface area contributed by atoms with Gasteiger partial charge in [-0.05, 0) is 18.1 Å². The van der Waals surface area contributed by atoms with Crippen molar-refractivity contribution in [3.8, 4) is 0 Å². The third kappa shape index (κ3) is 5.41. The summed E-state index contributed by atoms with van der Waals surface area (Å²) in [4.78, 5) is 35.8. The van der Waals surface area contributed by atoms with Gasteiger partial charge in [0, 0.05) is 5.57 Å². The van der Waals surface area contributed by atoms with Crippen LogP contribution >= 0.6 is 0 Å². The molecule has 0 radical (unpaired) electrons. The van der Waals surface area contributed by atoms with Gasteiger partial charge in [0.25, 0.3) is 0 Å². The summed E-state index contributed by atoms with van der Waals surface area (Å²) in [7, 11) is 0. The molecule has 0 amide bonds. The third-order valence-corrected chi connectivity index (χ3v) is 3.60. The zero-order valence-electron chi connectivity index (χ0n) is 14.5. The van der Waals surface area contributed by atoms with E-state index in [1.54, 1.807) is 24.3 Å². The first-order valence-electron chi connectivity index (χ1n) is 8.16. The molecule has 0 aromatic heterocycles. The van der Waals surface area contributed by atoms with Gasteiger partial charge in [-0.1, -0.05) is 67.2 Å². The second-order valence-electron chi connectivity index (χ2n) is 5.71. The van der Waals surface area contributed by atoms with E-state index in [2.05, 4.69) is 6.58 Å². The van der Waals surface area contributed by atoms with Crippen molar-refractivity contribution in [1.82, 2.24) is 0 Å². The quantitative estimate of drug-likeness (QED) is 0.434. The Balaban J connectivity index is 2.04. The van der Waals surface area contributed by atoms with E-state index < -0.39 is 23.8 Å². The SMILES string of the molecule is C=C(C)C(=O)OCCC(=O)OC(=O)C(c1ccccc1)c1ccccc1. The molecule has 26 heavy (non-hydrogen) atoms. The van der Waals surface area contributed by atoms with Gasteiger partial charge in [0.15, 0.2) is 0 Å². The highest BCUT2D eigenvalue weighted by Gasteiger charge is 2.26. The van der Waals surface area contributed by atoms with Gasteiger partial charge in [-0.15, -0.1) is 0 Å². The number of rotatable bonds is 7. The first kappa shape index (κ1) is 19.1. The number of hydrogen-bond acceptors (Lipinski definition) is 5. The van der Waals surface area contributed by atoms with E-state index in [1.165, 1.54) is 6.92 Å². The summed E-state index contributed by atoms with van der Waals surface area (Å²) in [5.74, 6) is -2.71. The van der Waals surface area contributed by atoms with Gasteiger partial charge in [0.2, 0.25) is 0 Å². The fourth-order valence-corrected chi connectivity index (χ4v) is 2.33. The molecule has 0 saturated heterocycles. The zero-order valence-corrected chi connectivity index (χ0v) is 14.5. The first-order valence-corrected chi connectivity index (χ1v) is 8.16. The number of benzene rings is 2. The van der Waals surface area contributed by atoms with Crippen molar-refractivity contribution >= 4 is 17.9 Å². The van der Waals surface area contributed by atoms with Crippen molar-refractivity contribution in [2.24, 2.45) is 0 Å². The number of ether oxygens (including phenoxy) is 2. The number of hydrogen-bond donors (Lipinski definition) is 0. The molecule has 0 heterocycles. The maximum atomic E-state index is 12.6. The van der Waals surface area contributed by atoms with Crippen LogP contribution in [0, 0.1) is 0 Å². The van der Waals surface area contributed by atoms with E-state index in [1.807, 2.05) is 36.4 Å². The molecule has 0 spiro atoms. The predicted octanol–water partition coefficient (Wildman–Crippen LogP) is 3.40. The fraction of sp³-hybridized carbons (Fsp3) is 0.190. The molecule has 5 nitrogen and oxygen atoms in total. The molecule has 0 aliphatic carbocycles. The highest BCUT2D eigenvalue weighted by atomic mass is 16.6. The van der Waals surface area contributed by atoms with Gasteiger partial charge in [-0.25, -0.2) is 4.79 Å². The molecule has 2 aromatic carbocycles. The van der Waals surface area contributed by atoms with Gasteiger partial charge < -0.3 is 9.47 Å². The minimum Gasteiger partial charge on any atom is -0.462 e. The smallest absolute Gasteiger partial charge is 0.333 e. The predicted molar refractivity (Wildman–Crippen MR) is 96.2 cm³/mol. The largest absolute Gasteiger partial charge is 0.462 e. The lowest BCUT2D eigenvalue weighted by Gasteiger charge is -2.16. The zero-order chi connectivity index (χ0) is 18.9. The van der Waals surface area contributed by atoms with Crippen LogP contribution in [0.3, 0.4) is 0 Å². The van der Waals surface area contributed by atoms with Crippen LogP contribution in [0.4, 0.5) is 0 Å². The van der Waals surface area contributed by atoms with E-state index in [9.17, 15) is 14.4 Å². The van der Waals surface area contributed by atoms with Crippen molar-refractivity contribution in [2.45, 2.75) is 19.3 Å². The van der Waals surface area contributed by atoms with Crippen LogP contribution < -0.4 is 0 Å². The standard InChI is InChI=1S/C21H20O5/c1-15(2)20(23)25-14-13-18(22)26-21(24)19(16-9-5-3-6-10-16)17-11-7-4-8-12-17/h3-12,19H,1,13-14H2,2H3. The third-order valence-electron chi connectivity index (χ3n) is 3.60. The average molecular weight is 352 g/mol. The Kier molecular flexibility index (Phi) is 6.85. The summed E-state index contributed by atoms with van der Waals surface area (Å²) in [6, 6.07) is 18.2. The van der Waals surface area contributed by atoms with Crippen LogP contribution in [-0.4, -0.2) is 24.5 Å². The molecule has 2 aromatic rings. The Morgan fingerprint density at radius 3 is 1.88 bits per heavy atom. The number of carbonyl (C=O) groups is 3. The minimum atomic E-state index is -0.749. The van der Waals surface area contributed by atoms with Crippen LogP contribution in [0.15, 0.2) is 72.8 Å². The van der Waals surface area contributed by atoms with Crippen molar-refractivity contribution in [3.63, 3.8) is 0 Å². The highest BCUT2D eigenvalue weighted by Crippen LogP contribution is 2.26. The summed E-state index contributed by atoms with van der Waals surface area (Å²) >= 11 is 0. The van der Waals surface area contributed by atoms with Gasteiger partial charge >= 0.3 is 17.9 Å². The minimum absolute atomic E-state index is 0.168. The molecule has 2 rings (SSSR count). The van der Waals surface area contributed by atoms with Crippen molar-refractivity contribution in [3.05, 3.63) is 83.9 Å². The molecule has 0 aliphatic heterocycles. The lowest BCUT2D eigenvalue weighted by atomic mass is 9.91. The second-order valence-corrected chi connectivity index (χ2v) is 5.71. The Morgan fingerprint density at radius 2 is 1.42 bits per heavy atom. The summed E-state index contributed by atoms with van der Waals surface area (Å²) in [6.45, 7) is 4.79. The van der Waals surface area contributed by atoms with E-state index in [-0.39, 0.29) is 18.6 Å². The summed E-state index contributed by atoms with van der Waals surface area (Å²) in [6.07, 6.45) is -0.207. The van der Waals surface area contributed by atoms with Gasteiger partial charge in [-0.2, -0.15) is 0 Å². The summed E-state index contributed by atoms with van der Waals surface area (Å²) in [5, 5.41) is 0. The van der Waals surface area contributed by atoms with E-state index in [0.29, 0.717) is 0 Å². The van der Waals surface area contributed by atoms with Crippen molar-refractivity contribution in [1.29, 1.82) is 0 Å². The molecule has 0 N–H and O–H groups in total. The Labute approximate surface area is 152 Å². The van der Waals surface area contributed by atoms with Crippen molar-refractivity contribution < 1.29 is 23.9 Å². The molecule has 0 saturated carbocycles. The van der Waals surface area contributed by atoms with Gasteiger partial charge in [0.1, 0.15) is 12.5 Å². The van der Waals surface area contributed by atoms with Crippen molar-refractivity contribution in [2.75, 3.05) is 6.61 Å². The molecular weight excluding hydrogens is 332 g/mol. The Hall–Kier alpha value is -3.21. The topological polar surface area (TPSA) is 69.7 Å². The lowest BCUT2D eigenvalue weighted by Crippen LogP contribution is -2.22. The first-order chi connectivity index (χ1) is 12.5. The van der Waals surface area contributed by atoms with E-state index in [4.69, 9.17) is 9.47 Å². The molecular formula is C21H20O5. The number of esters is 3.